The van der Waals surface area contributed by atoms with Gasteiger partial charge in [-0.3, -0.25) is 0 Å². The molecule has 0 atom stereocenters. The monoisotopic (exact) mass is 264 g/mol. The summed E-state index contributed by atoms with van der Waals surface area (Å²) in [5, 5.41) is 4.73. The molecule has 2 aliphatic rings. The van der Waals surface area contributed by atoms with Gasteiger partial charge in [0.05, 0.1) is 4.90 Å². The normalized spacial score (nSPS) is 20.6. The molecular weight excluding hydrogens is 248 g/mol. The van der Waals surface area contributed by atoms with Crippen LogP contribution in [0.3, 0.4) is 0 Å². The third-order valence-corrected chi connectivity index (χ3v) is 5.05. The molecular formula is C13H16N2O2S. The van der Waals surface area contributed by atoms with Gasteiger partial charge < -0.3 is 11.1 Å². The second kappa shape index (κ2) is 4.19. The number of sulfone groups is 1. The van der Waals surface area contributed by atoms with E-state index in [-0.39, 0.29) is 6.54 Å². The second-order valence-corrected chi connectivity index (χ2v) is 6.58. The summed E-state index contributed by atoms with van der Waals surface area (Å²) in [5.41, 5.74) is 7.98. The molecule has 5 heteroatoms. The fourth-order valence-electron chi connectivity index (χ4n) is 2.32. The molecule has 3 rings (SSSR count). The van der Waals surface area contributed by atoms with E-state index in [0.717, 1.165) is 11.1 Å². The van der Waals surface area contributed by atoms with E-state index < -0.39 is 9.84 Å². The molecule has 1 saturated carbocycles. The summed E-state index contributed by atoms with van der Waals surface area (Å²) in [6.45, 7) is 0.866. The first-order valence-corrected chi connectivity index (χ1v) is 7.68. The van der Waals surface area contributed by atoms with Crippen molar-refractivity contribution in [3.05, 3.63) is 34.7 Å². The fourth-order valence-corrected chi connectivity index (χ4v) is 4.05. The minimum atomic E-state index is -3.31. The van der Waals surface area contributed by atoms with Gasteiger partial charge in [-0.15, -0.1) is 0 Å². The van der Waals surface area contributed by atoms with Crippen molar-refractivity contribution in [2.24, 2.45) is 5.73 Å². The maximum atomic E-state index is 12.1. The number of hydrogen-bond acceptors (Lipinski definition) is 4. The molecule has 1 heterocycles. The Bertz CT molecular complexity index is 616. The van der Waals surface area contributed by atoms with Gasteiger partial charge in [0.15, 0.2) is 0 Å². The van der Waals surface area contributed by atoms with Crippen molar-refractivity contribution in [1.82, 2.24) is 5.32 Å². The van der Waals surface area contributed by atoms with Crippen molar-refractivity contribution in [1.29, 1.82) is 0 Å². The van der Waals surface area contributed by atoms with Crippen molar-refractivity contribution in [2.45, 2.75) is 30.3 Å². The Labute approximate surface area is 107 Å². The SMILES string of the molecule is NCc1cccc2c1S(=O)(=O)C=C2CNC1CC1. The van der Waals surface area contributed by atoms with Crippen LogP contribution in [0.15, 0.2) is 28.5 Å². The van der Waals surface area contributed by atoms with Gasteiger partial charge in [0.25, 0.3) is 0 Å². The molecule has 0 spiro atoms. The molecule has 96 valence electrons. The Balaban J connectivity index is 2.00. The zero-order valence-corrected chi connectivity index (χ0v) is 10.8. The summed E-state index contributed by atoms with van der Waals surface area (Å²) in [6, 6.07) is 6.07. The smallest absolute Gasteiger partial charge is 0.201 e. The summed E-state index contributed by atoms with van der Waals surface area (Å²) in [4.78, 5) is 0.403. The highest BCUT2D eigenvalue weighted by Crippen LogP contribution is 2.35. The van der Waals surface area contributed by atoms with Gasteiger partial charge in [-0.05, 0) is 29.5 Å². The van der Waals surface area contributed by atoms with Crippen LogP contribution in [0.2, 0.25) is 0 Å². The van der Waals surface area contributed by atoms with E-state index in [4.69, 9.17) is 5.73 Å². The quantitative estimate of drug-likeness (QED) is 0.852. The maximum Gasteiger partial charge on any atom is 0.201 e. The minimum absolute atomic E-state index is 0.250. The highest BCUT2D eigenvalue weighted by atomic mass is 32.2. The largest absolute Gasteiger partial charge is 0.326 e. The second-order valence-electron chi connectivity index (χ2n) is 4.84. The zero-order chi connectivity index (χ0) is 12.8. The number of hydrogen-bond donors (Lipinski definition) is 2. The van der Waals surface area contributed by atoms with E-state index in [1.54, 1.807) is 6.07 Å². The van der Waals surface area contributed by atoms with Gasteiger partial charge in [-0.2, -0.15) is 0 Å². The van der Waals surface area contributed by atoms with Crippen LogP contribution in [0, 0.1) is 0 Å². The van der Waals surface area contributed by atoms with Crippen LogP contribution in [0.4, 0.5) is 0 Å². The number of nitrogens with one attached hydrogen (secondary N) is 1. The minimum Gasteiger partial charge on any atom is -0.326 e. The van der Waals surface area contributed by atoms with Crippen LogP contribution in [0.25, 0.3) is 5.57 Å². The highest BCUT2D eigenvalue weighted by molar-refractivity contribution is 7.95. The fraction of sp³-hybridized carbons (Fsp3) is 0.385. The van der Waals surface area contributed by atoms with E-state index in [1.807, 2.05) is 12.1 Å². The van der Waals surface area contributed by atoms with Gasteiger partial charge in [-0.25, -0.2) is 8.42 Å². The van der Waals surface area contributed by atoms with Gasteiger partial charge in [0.2, 0.25) is 9.84 Å². The third-order valence-electron chi connectivity index (χ3n) is 3.40. The molecule has 0 saturated heterocycles. The molecule has 1 aromatic rings. The summed E-state index contributed by atoms with van der Waals surface area (Å²) in [5.74, 6) is 0. The average molecular weight is 264 g/mol. The summed E-state index contributed by atoms with van der Waals surface area (Å²) in [7, 11) is -3.31. The Morgan fingerprint density at radius 2 is 2.11 bits per heavy atom. The summed E-state index contributed by atoms with van der Waals surface area (Å²) < 4.78 is 24.3. The Hall–Kier alpha value is -1.17. The first-order chi connectivity index (χ1) is 8.62. The Morgan fingerprint density at radius 1 is 1.33 bits per heavy atom. The third kappa shape index (κ3) is 1.98. The molecule has 0 bridgehead atoms. The number of benzene rings is 1. The summed E-state index contributed by atoms with van der Waals surface area (Å²) >= 11 is 0. The lowest BCUT2D eigenvalue weighted by Crippen LogP contribution is -2.18. The lowest BCUT2D eigenvalue weighted by molar-refractivity contribution is 0.604. The number of nitrogens with two attached hydrogens (primary N) is 1. The molecule has 1 aliphatic heterocycles. The lowest BCUT2D eigenvalue weighted by Gasteiger charge is -2.08. The first-order valence-electron chi connectivity index (χ1n) is 6.13. The Morgan fingerprint density at radius 3 is 2.78 bits per heavy atom. The molecule has 1 aromatic carbocycles. The van der Waals surface area contributed by atoms with E-state index >= 15 is 0 Å². The van der Waals surface area contributed by atoms with Crippen molar-refractivity contribution in [3.63, 3.8) is 0 Å². The average Bonchev–Trinajstić information content (AvgIpc) is 3.13. The van der Waals surface area contributed by atoms with Crippen molar-refractivity contribution in [3.8, 4) is 0 Å². The molecule has 0 amide bonds. The van der Waals surface area contributed by atoms with E-state index in [2.05, 4.69) is 5.32 Å². The number of fused-ring (bicyclic) bond motifs is 1. The predicted molar refractivity (Wildman–Crippen MR) is 70.5 cm³/mol. The van der Waals surface area contributed by atoms with E-state index in [9.17, 15) is 8.42 Å². The number of rotatable bonds is 4. The predicted octanol–water partition coefficient (Wildman–Crippen LogP) is 1.03. The van der Waals surface area contributed by atoms with E-state index in [0.29, 0.717) is 23.0 Å². The first kappa shape index (κ1) is 11.9. The Kier molecular flexibility index (Phi) is 2.77. The van der Waals surface area contributed by atoms with Gasteiger partial charge in [-0.1, -0.05) is 18.2 Å². The van der Waals surface area contributed by atoms with E-state index in [1.165, 1.54) is 18.2 Å². The van der Waals surface area contributed by atoms with Gasteiger partial charge >= 0.3 is 0 Å². The molecule has 0 unspecified atom stereocenters. The summed E-state index contributed by atoms with van der Waals surface area (Å²) in [6.07, 6.45) is 2.38. The van der Waals surface area contributed by atoms with Gasteiger partial charge in [0, 0.05) is 24.5 Å². The van der Waals surface area contributed by atoms with Crippen LogP contribution < -0.4 is 11.1 Å². The van der Waals surface area contributed by atoms with Crippen LogP contribution in [-0.4, -0.2) is 21.0 Å². The molecule has 4 nitrogen and oxygen atoms in total. The standard InChI is InChI=1S/C13H16N2O2S/c14-6-9-2-1-3-12-10(7-15-11-4-5-11)8-18(16,17)13(9)12/h1-3,8,11,15H,4-7,14H2. The van der Waals surface area contributed by atoms with Crippen molar-refractivity contribution >= 4 is 15.4 Å². The van der Waals surface area contributed by atoms with Crippen LogP contribution >= 0.6 is 0 Å². The zero-order valence-electron chi connectivity index (χ0n) is 10.0. The molecule has 1 aliphatic carbocycles. The van der Waals surface area contributed by atoms with Crippen molar-refractivity contribution < 1.29 is 8.42 Å². The highest BCUT2D eigenvalue weighted by Gasteiger charge is 2.30. The molecule has 1 fully saturated rings. The molecule has 18 heavy (non-hydrogen) atoms. The molecule has 0 radical (unpaired) electrons. The van der Waals surface area contributed by atoms with Crippen LogP contribution in [-0.2, 0) is 16.4 Å². The topological polar surface area (TPSA) is 72.2 Å². The van der Waals surface area contributed by atoms with Crippen LogP contribution in [0.5, 0.6) is 0 Å². The van der Waals surface area contributed by atoms with Gasteiger partial charge in [0.1, 0.15) is 0 Å². The molecule has 3 N–H and O–H groups in total. The van der Waals surface area contributed by atoms with Crippen LogP contribution in [0.1, 0.15) is 24.0 Å². The lowest BCUT2D eigenvalue weighted by atomic mass is 10.0. The maximum absolute atomic E-state index is 12.1. The molecule has 0 aromatic heterocycles. The van der Waals surface area contributed by atoms with Crippen molar-refractivity contribution in [2.75, 3.05) is 6.54 Å².